The molecule has 0 aliphatic rings. The van der Waals surface area contributed by atoms with E-state index in [1.54, 1.807) is 12.1 Å². The number of hydrogen-bond donors (Lipinski definition) is 2. The molecule has 0 aliphatic carbocycles. The third-order valence-electron chi connectivity index (χ3n) is 4.31. The first-order chi connectivity index (χ1) is 12.8. The molecule has 0 unspecified atom stereocenters. The number of nitrogens with zero attached hydrogens (tertiary/aromatic N) is 1. The number of halogens is 1. The highest BCUT2D eigenvalue weighted by atomic mass is 35.5. The lowest BCUT2D eigenvalue weighted by atomic mass is 9.93. The Morgan fingerprint density at radius 3 is 2.48 bits per heavy atom. The molecule has 0 radical (unpaired) electrons. The lowest BCUT2D eigenvalue weighted by molar-refractivity contribution is -0.138. The number of benzene rings is 2. The molecular formula is C22H26ClNO3. The number of phenolic OH excluding ortho intramolecular Hbond substituents is 1. The van der Waals surface area contributed by atoms with E-state index in [9.17, 15) is 15.0 Å². The number of carboxylic acids is 1. The maximum Gasteiger partial charge on any atom is 0.303 e. The molecule has 27 heavy (non-hydrogen) atoms. The maximum atomic E-state index is 11.2. The minimum atomic E-state index is -0.825. The quantitative estimate of drug-likeness (QED) is 0.601. The van der Waals surface area contributed by atoms with Gasteiger partial charge < -0.3 is 10.2 Å². The van der Waals surface area contributed by atoms with Gasteiger partial charge in [-0.15, -0.1) is 0 Å². The van der Waals surface area contributed by atoms with E-state index >= 15 is 0 Å². The van der Waals surface area contributed by atoms with Crippen LogP contribution in [0.2, 0.25) is 5.02 Å². The minimum Gasteiger partial charge on any atom is -0.507 e. The molecule has 2 aromatic carbocycles. The van der Waals surface area contributed by atoms with Gasteiger partial charge in [-0.2, -0.15) is 0 Å². The van der Waals surface area contributed by atoms with Crippen molar-refractivity contribution in [3.05, 3.63) is 64.2 Å². The van der Waals surface area contributed by atoms with E-state index in [4.69, 9.17) is 16.6 Å². The third kappa shape index (κ3) is 6.10. The van der Waals surface area contributed by atoms with E-state index in [2.05, 4.69) is 13.8 Å². The molecule has 2 aromatic rings. The van der Waals surface area contributed by atoms with Gasteiger partial charge in [0.1, 0.15) is 5.75 Å². The van der Waals surface area contributed by atoms with Gasteiger partial charge in [-0.3, -0.25) is 9.79 Å². The number of carboxylic acid groups (broad SMARTS) is 1. The highest BCUT2D eigenvalue weighted by Crippen LogP contribution is 2.27. The number of aromatic hydroxyl groups is 1. The summed E-state index contributed by atoms with van der Waals surface area (Å²) in [6, 6.07) is 12.7. The summed E-state index contributed by atoms with van der Waals surface area (Å²) in [6.45, 7) is 6.44. The Balaban J connectivity index is 2.48. The van der Waals surface area contributed by atoms with Crippen molar-refractivity contribution in [2.45, 2.75) is 33.6 Å². The van der Waals surface area contributed by atoms with Gasteiger partial charge in [0.25, 0.3) is 0 Å². The predicted molar refractivity (Wildman–Crippen MR) is 110 cm³/mol. The number of carbonyl (C=O) groups is 1. The molecule has 0 heterocycles. The topological polar surface area (TPSA) is 69.9 Å². The number of hydrogen-bond acceptors (Lipinski definition) is 3. The van der Waals surface area contributed by atoms with Crippen LogP contribution in [-0.2, 0) is 4.79 Å². The summed E-state index contributed by atoms with van der Waals surface area (Å²) in [5, 5.41) is 20.1. The molecule has 2 rings (SSSR count). The first-order valence-corrected chi connectivity index (χ1v) is 9.46. The molecule has 5 heteroatoms. The van der Waals surface area contributed by atoms with Crippen LogP contribution in [0.3, 0.4) is 0 Å². The number of rotatable bonds is 8. The third-order valence-corrected chi connectivity index (χ3v) is 4.64. The minimum absolute atomic E-state index is 0.0667. The second kappa shape index (κ2) is 9.56. The first kappa shape index (κ1) is 21.0. The van der Waals surface area contributed by atoms with Crippen LogP contribution in [0.15, 0.2) is 47.5 Å². The van der Waals surface area contributed by atoms with E-state index in [1.165, 1.54) is 0 Å². The Bertz CT molecular complexity index is 830. The fourth-order valence-electron chi connectivity index (χ4n) is 3.16. The lowest BCUT2D eigenvalue weighted by Crippen LogP contribution is -2.16. The van der Waals surface area contributed by atoms with Gasteiger partial charge in [-0.25, -0.2) is 0 Å². The summed E-state index contributed by atoms with van der Waals surface area (Å²) in [6.07, 6.45) is 0.836. The summed E-state index contributed by atoms with van der Waals surface area (Å²) in [5.41, 5.74) is 2.90. The zero-order chi connectivity index (χ0) is 20.0. The van der Waals surface area contributed by atoms with Crippen molar-refractivity contribution in [2.75, 3.05) is 6.54 Å². The van der Waals surface area contributed by atoms with Gasteiger partial charge in [0, 0.05) is 29.1 Å². The molecule has 0 bridgehead atoms. The van der Waals surface area contributed by atoms with E-state index in [-0.39, 0.29) is 18.1 Å². The number of aliphatic carboxylic acids is 1. The van der Waals surface area contributed by atoms with E-state index in [1.807, 2.05) is 37.3 Å². The average Bonchev–Trinajstić information content (AvgIpc) is 2.58. The largest absolute Gasteiger partial charge is 0.507 e. The van der Waals surface area contributed by atoms with Crippen molar-refractivity contribution >= 4 is 23.3 Å². The molecule has 1 atom stereocenters. The van der Waals surface area contributed by atoms with Crippen LogP contribution in [0.4, 0.5) is 0 Å². The summed E-state index contributed by atoms with van der Waals surface area (Å²) in [4.78, 5) is 16.0. The monoisotopic (exact) mass is 387 g/mol. The second-order valence-corrected chi connectivity index (χ2v) is 7.69. The molecular weight excluding hydrogens is 362 g/mol. The highest BCUT2D eigenvalue weighted by molar-refractivity contribution is 6.35. The molecule has 0 aromatic heterocycles. The van der Waals surface area contributed by atoms with Crippen LogP contribution in [0.25, 0.3) is 0 Å². The van der Waals surface area contributed by atoms with Gasteiger partial charge in [0.15, 0.2) is 0 Å². The van der Waals surface area contributed by atoms with Crippen molar-refractivity contribution in [2.24, 2.45) is 16.8 Å². The van der Waals surface area contributed by atoms with Gasteiger partial charge in [-0.05, 0) is 43.4 Å². The van der Waals surface area contributed by atoms with Crippen molar-refractivity contribution in [3.63, 3.8) is 0 Å². The first-order valence-electron chi connectivity index (χ1n) is 9.09. The number of phenols is 1. The van der Waals surface area contributed by atoms with E-state index in [0.717, 1.165) is 17.5 Å². The summed E-state index contributed by atoms with van der Waals surface area (Å²) < 4.78 is 0. The zero-order valence-electron chi connectivity index (χ0n) is 15.9. The normalized spacial score (nSPS) is 13.0. The Morgan fingerprint density at radius 2 is 1.85 bits per heavy atom. The second-order valence-electron chi connectivity index (χ2n) is 7.28. The molecule has 0 fully saturated rings. The molecule has 0 spiro atoms. The standard InChI is InChI=1S/C22H26ClNO3/c1-14(2)10-16(12-21(26)27)13-24-22(17-6-4-5-7-19(17)23)18-11-15(3)8-9-20(18)25/h4-9,11,14,16,25H,10,12-13H2,1-3H3,(H,26,27)/t16-/m0/s1. The highest BCUT2D eigenvalue weighted by Gasteiger charge is 2.18. The number of aryl methyl sites for hydroxylation is 1. The van der Waals surface area contributed by atoms with Gasteiger partial charge in [0.05, 0.1) is 5.71 Å². The predicted octanol–water partition coefficient (Wildman–Crippen LogP) is 5.33. The van der Waals surface area contributed by atoms with Crippen molar-refractivity contribution in [1.82, 2.24) is 0 Å². The lowest BCUT2D eigenvalue weighted by Gasteiger charge is -2.17. The molecule has 0 saturated heterocycles. The van der Waals surface area contributed by atoms with Crippen molar-refractivity contribution < 1.29 is 15.0 Å². The Labute approximate surface area is 165 Å². The number of aliphatic imine (C=N–C) groups is 1. The average molecular weight is 388 g/mol. The van der Waals surface area contributed by atoms with Gasteiger partial charge in [-0.1, -0.05) is 55.3 Å². The van der Waals surface area contributed by atoms with Crippen molar-refractivity contribution in [3.8, 4) is 5.75 Å². The van der Waals surface area contributed by atoms with Crippen LogP contribution in [0.5, 0.6) is 5.75 Å². The molecule has 0 amide bonds. The molecule has 144 valence electrons. The van der Waals surface area contributed by atoms with E-state index in [0.29, 0.717) is 28.8 Å². The smallest absolute Gasteiger partial charge is 0.303 e. The summed E-state index contributed by atoms with van der Waals surface area (Å²) in [7, 11) is 0. The fraction of sp³-hybridized carbons (Fsp3) is 0.364. The SMILES string of the molecule is Cc1ccc(O)c(C(=NC[C@H](CC(=O)O)CC(C)C)c2ccccc2Cl)c1. The fourth-order valence-corrected chi connectivity index (χ4v) is 3.39. The van der Waals surface area contributed by atoms with Gasteiger partial charge in [0.2, 0.25) is 0 Å². The Hall–Kier alpha value is -2.33. The van der Waals surface area contributed by atoms with Gasteiger partial charge >= 0.3 is 5.97 Å². The van der Waals surface area contributed by atoms with Crippen molar-refractivity contribution in [1.29, 1.82) is 0 Å². The molecule has 2 N–H and O–H groups in total. The summed E-state index contributed by atoms with van der Waals surface area (Å²) >= 11 is 6.39. The van der Waals surface area contributed by atoms with Crippen LogP contribution in [0, 0.1) is 18.8 Å². The van der Waals surface area contributed by atoms with Crippen LogP contribution >= 0.6 is 11.6 Å². The molecule has 0 saturated carbocycles. The summed E-state index contributed by atoms with van der Waals surface area (Å²) in [5.74, 6) is -0.404. The zero-order valence-corrected chi connectivity index (χ0v) is 16.7. The molecule has 4 nitrogen and oxygen atoms in total. The maximum absolute atomic E-state index is 11.2. The Kier molecular flexibility index (Phi) is 7.43. The van der Waals surface area contributed by atoms with Crippen LogP contribution < -0.4 is 0 Å². The Morgan fingerprint density at radius 1 is 1.15 bits per heavy atom. The van der Waals surface area contributed by atoms with Crippen LogP contribution in [0.1, 0.15) is 43.4 Å². The van der Waals surface area contributed by atoms with E-state index < -0.39 is 5.97 Å². The molecule has 0 aliphatic heterocycles. The van der Waals surface area contributed by atoms with Crippen LogP contribution in [-0.4, -0.2) is 28.4 Å².